The predicted octanol–water partition coefficient (Wildman–Crippen LogP) is 5.20. The van der Waals surface area contributed by atoms with Crippen LogP contribution in [0.3, 0.4) is 0 Å². The van der Waals surface area contributed by atoms with Gasteiger partial charge in [-0.3, -0.25) is 0 Å². The number of aromatic nitrogens is 2. The van der Waals surface area contributed by atoms with Gasteiger partial charge in [0, 0.05) is 27.1 Å². The van der Waals surface area contributed by atoms with Gasteiger partial charge >= 0.3 is 0 Å². The minimum atomic E-state index is 0.785. The molecule has 0 aliphatic heterocycles. The van der Waals surface area contributed by atoms with Crippen molar-refractivity contribution in [3.8, 4) is 16.9 Å². The number of benzene rings is 2. The van der Waals surface area contributed by atoms with Gasteiger partial charge in [-0.25, -0.2) is 4.68 Å². The normalized spacial score (nSPS) is 10.7. The summed E-state index contributed by atoms with van der Waals surface area (Å²) < 4.78 is 2.99. The Morgan fingerprint density at radius 1 is 0.950 bits per heavy atom. The van der Waals surface area contributed by atoms with E-state index in [1.807, 2.05) is 47.1 Å². The third-order valence-corrected chi connectivity index (χ3v) is 4.21. The van der Waals surface area contributed by atoms with Crippen molar-refractivity contribution in [3.63, 3.8) is 0 Å². The summed E-state index contributed by atoms with van der Waals surface area (Å²) in [7, 11) is 0. The fourth-order valence-corrected chi connectivity index (χ4v) is 2.75. The van der Waals surface area contributed by atoms with Crippen molar-refractivity contribution in [2.75, 3.05) is 0 Å². The van der Waals surface area contributed by atoms with Crippen molar-refractivity contribution in [2.45, 2.75) is 5.33 Å². The summed E-state index contributed by atoms with van der Waals surface area (Å²) in [5.74, 6) is 0. The minimum Gasteiger partial charge on any atom is -0.240 e. The molecular formula is C16H12Br2N2. The molecule has 0 aliphatic rings. The topological polar surface area (TPSA) is 17.8 Å². The molecule has 0 bridgehead atoms. The van der Waals surface area contributed by atoms with Crippen LogP contribution in [0.25, 0.3) is 16.9 Å². The van der Waals surface area contributed by atoms with Crippen LogP contribution in [0.1, 0.15) is 5.56 Å². The molecule has 3 aromatic rings. The summed E-state index contributed by atoms with van der Waals surface area (Å²) in [5, 5.41) is 5.51. The van der Waals surface area contributed by atoms with Crippen molar-refractivity contribution in [2.24, 2.45) is 0 Å². The van der Waals surface area contributed by atoms with Crippen molar-refractivity contribution in [1.29, 1.82) is 0 Å². The molecule has 0 saturated heterocycles. The summed E-state index contributed by atoms with van der Waals surface area (Å²) in [5.41, 5.74) is 4.39. The molecular weight excluding hydrogens is 380 g/mol. The van der Waals surface area contributed by atoms with Gasteiger partial charge < -0.3 is 0 Å². The van der Waals surface area contributed by atoms with E-state index in [0.29, 0.717) is 0 Å². The fourth-order valence-electron chi connectivity index (χ4n) is 2.07. The highest BCUT2D eigenvalue weighted by atomic mass is 79.9. The summed E-state index contributed by atoms with van der Waals surface area (Å²) in [6.07, 6.45) is 2.07. The van der Waals surface area contributed by atoms with E-state index in [1.54, 1.807) is 0 Å². The zero-order valence-corrected chi connectivity index (χ0v) is 13.8. The van der Waals surface area contributed by atoms with Gasteiger partial charge in [-0.1, -0.05) is 62.2 Å². The highest BCUT2D eigenvalue weighted by molar-refractivity contribution is 9.10. The number of alkyl halides is 1. The van der Waals surface area contributed by atoms with Crippen LogP contribution in [-0.2, 0) is 5.33 Å². The van der Waals surface area contributed by atoms with Gasteiger partial charge in [-0.15, -0.1) is 0 Å². The third-order valence-electron chi connectivity index (χ3n) is 3.07. The van der Waals surface area contributed by atoms with Crippen molar-refractivity contribution in [1.82, 2.24) is 9.78 Å². The largest absolute Gasteiger partial charge is 0.240 e. The fraction of sp³-hybridized carbons (Fsp3) is 0.0625. The maximum atomic E-state index is 4.72. The molecule has 0 atom stereocenters. The van der Waals surface area contributed by atoms with Crippen LogP contribution in [0.15, 0.2) is 65.3 Å². The molecule has 2 nitrogen and oxygen atoms in total. The maximum absolute atomic E-state index is 4.72. The Balaban J connectivity index is 2.07. The van der Waals surface area contributed by atoms with Crippen molar-refractivity contribution >= 4 is 31.9 Å². The maximum Gasteiger partial charge on any atom is 0.0968 e. The van der Waals surface area contributed by atoms with Crippen LogP contribution in [0.5, 0.6) is 0 Å². The number of hydrogen-bond donors (Lipinski definition) is 0. The lowest BCUT2D eigenvalue weighted by Crippen LogP contribution is -1.94. The smallest absolute Gasteiger partial charge is 0.0968 e. The summed E-state index contributed by atoms with van der Waals surface area (Å²) in [4.78, 5) is 0. The SMILES string of the molecule is BrCc1cn(-c2ccc(Br)cc2)nc1-c1ccccc1. The quantitative estimate of drug-likeness (QED) is 0.561. The molecule has 0 unspecified atom stereocenters. The van der Waals surface area contributed by atoms with E-state index in [-0.39, 0.29) is 0 Å². The average molecular weight is 392 g/mol. The molecule has 3 rings (SSSR count). The number of nitrogens with zero attached hydrogens (tertiary/aromatic N) is 2. The van der Waals surface area contributed by atoms with E-state index >= 15 is 0 Å². The molecule has 0 spiro atoms. The highest BCUT2D eigenvalue weighted by Gasteiger charge is 2.10. The lowest BCUT2D eigenvalue weighted by Gasteiger charge is -2.01. The Kier molecular flexibility index (Phi) is 4.03. The van der Waals surface area contributed by atoms with Gasteiger partial charge in [0.1, 0.15) is 0 Å². The molecule has 2 aromatic carbocycles. The zero-order valence-electron chi connectivity index (χ0n) is 10.6. The van der Waals surface area contributed by atoms with Crippen LogP contribution < -0.4 is 0 Å². The van der Waals surface area contributed by atoms with Crippen LogP contribution in [-0.4, -0.2) is 9.78 Å². The first-order chi connectivity index (χ1) is 9.78. The lowest BCUT2D eigenvalue weighted by atomic mass is 10.1. The second kappa shape index (κ2) is 5.94. The first kappa shape index (κ1) is 13.6. The molecule has 4 heteroatoms. The second-order valence-electron chi connectivity index (χ2n) is 4.42. The molecule has 0 radical (unpaired) electrons. The average Bonchev–Trinajstić information content (AvgIpc) is 2.93. The van der Waals surface area contributed by atoms with E-state index in [1.165, 1.54) is 5.56 Å². The Morgan fingerprint density at radius 2 is 1.65 bits per heavy atom. The van der Waals surface area contributed by atoms with Gasteiger partial charge in [0.25, 0.3) is 0 Å². The van der Waals surface area contributed by atoms with Crippen LogP contribution in [0.2, 0.25) is 0 Å². The van der Waals surface area contributed by atoms with Gasteiger partial charge in [-0.05, 0) is 24.3 Å². The number of rotatable bonds is 3. The van der Waals surface area contributed by atoms with Gasteiger partial charge in [-0.2, -0.15) is 5.10 Å². The molecule has 1 aromatic heterocycles. The van der Waals surface area contributed by atoms with E-state index in [4.69, 9.17) is 5.10 Å². The highest BCUT2D eigenvalue weighted by Crippen LogP contribution is 2.25. The van der Waals surface area contributed by atoms with Gasteiger partial charge in [0.05, 0.1) is 11.4 Å². The molecule has 0 amide bonds. The lowest BCUT2D eigenvalue weighted by molar-refractivity contribution is 0.883. The Labute approximate surface area is 134 Å². The van der Waals surface area contributed by atoms with Crippen molar-refractivity contribution in [3.05, 3.63) is 70.8 Å². The standard InChI is InChI=1S/C16H12Br2N2/c17-10-13-11-20(15-8-6-14(18)7-9-15)19-16(13)12-4-2-1-3-5-12/h1-9,11H,10H2. The number of halogens is 2. The second-order valence-corrected chi connectivity index (χ2v) is 5.90. The first-order valence-electron chi connectivity index (χ1n) is 6.24. The molecule has 100 valence electrons. The molecule has 1 heterocycles. The molecule has 0 saturated carbocycles. The van der Waals surface area contributed by atoms with Crippen LogP contribution >= 0.6 is 31.9 Å². The van der Waals surface area contributed by atoms with Gasteiger partial charge in [0.2, 0.25) is 0 Å². The molecule has 20 heavy (non-hydrogen) atoms. The van der Waals surface area contributed by atoms with Crippen LogP contribution in [0.4, 0.5) is 0 Å². The monoisotopic (exact) mass is 390 g/mol. The Morgan fingerprint density at radius 3 is 2.30 bits per heavy atom. The van der Waals surface area contributed by atoms with E-state index in [9.17, 15) is 0 Å². The summed E-state index contributed by atoms with van der Waals surface area (Å²) >= 11 is 6.99. The minimum absolute atomic E-state index is 0.785. The van der Waals surface area contributed by atoms with E-state index < -0.39 is 0 Å². The number of hydrogen-bond acceptors (Lipinski definition) is 1. The Bertz CT molecular complexity index is 703. The zero-order chi connectivity index (χ0) is 13.9. The van der Waals surface area contributed by atoms with E-state index in [0.717, 1.165) is 26.7 Å². The van der Waals surface area contributed by atoms with E-state index in [2.05, 4.69) is 50.2 Å². The third kappa shape index (κ3) is 2.72. The van der Waals surface area contributed by atoms with Crippen LogP contribution in [0, 0.1) is 0 Å². The molecule has 0 aliphatic carbocycles. The molecule has 0 fully saturated rings. The summed E-state index contributed by atoms with van der Waals surface area (Å²) in [6.45, 7) is 0. The predicted molar refractivity (Wildman–Crippen MR) is 89.3 cm³/mol. The molecule has 0 N–H and O–H groups in total. The van der Waals surface area contributed by atoms with Crippen molar-refractivity contribution < 1.29 is 0 Å². The van der Waals surface area contributed by atoms with Gasteiger partial charge in [0.15, 0.2) is 0 Å². The Hall–Kier alpha value is -1.39. The summed E-state index contributed by atoms with van der Waals surface area (Å²) in [6, 6.07) is 18.4. The first-order valence-corrected chi connectivity index (χ1v) is 8.15.